The molecule has 2 N–H and O–H groups in total. The number of carbonyl (C=O) groups is 2. The molecule has 1 rings (SSSR count). The third-order valence-corrected chi connectivity index (χ3v) is 2.40. The first-order valence-electron chi connectivity index (χ1n) is 5.34. The van der Waals surface area contributed by atoms with Crippen LogP contribution in [0.4, 0.5) is 9.18 Å². The minimum absolute atomic E-state index is 0.105. The van der Waals surface area contributed by atoms with Crippen LogP contribution in [-0.4, -0.2) is 24.3 Å². The van der Waals surface area contributed by atoms with Crippen molar-refractivity contribution in [2.24, 2.45) is 0 Å². The van der Waals surface area contributed by atoms with E-state index in [4.69, 9.17) is 5.11 Å². The molecule has 0 heterocycles. The maximum absolute atomic E-state index is 12.8. The minimum atomic E-state index is -0.964. The molecule has 0 fully saturated rings. The number of hydrogen-bond acceptors (Lipinski definition) is 3. The van der Waals surface area contributed by atoms with E-state index < -0.39 is 23.9 Å². The van der Waals surface area contributed by atoms with Crippen molar-refractivity contribution in [1.29, 1.82) is 0 Å². The van der Waals surface area contributed by atoms with Crippen LogP contribution in [0.15, 0.2) is 24.3 Å². The SMILES string of the molecule is COC(=O)NC(CCC(=O)O)c1ccc(F)cc1. The van der Waals surface area contributed by atoms with Gasteiger partial charge in [-0.1, -0.05) is 12.1 Å². The molecular formula is C12H14FNO4. The molecule has 1 amide bonds. The Balaban J connectivity index is 2.78. The lowest BCUT2D eigenvalue weighted by atomic mass is 10.0. The zero-order valence-electron chi connectivity index (χ0n) is 9.85. The monoisotopic (exact) mass is 255 g/mol. The number of carbonyl (C=O) groups excluding carboxylic acids is 1. The number of hydrogen-bond donors (Lipinski definition) is 2. The lowest BCUT2D eigenvalue weighted by molar-refractivity contribution is -0.137. The zero-order chi connectivity index (χ0) is 13.5. The highest BCUT2D eigenvalue weighted by Gasteiger charge is 2.16. The standard InChI is InChI=1S/C12H14FNO4/c1-18-12(17)14-10(6-7-11(15)16)8-2-4-9(13)5-3-8/h2-5,10H,6-7H2,1H3,(H,14,17)(H,15,16). The number of ether oxygens (including phenoxy) is 1. The predicted molar refractivity (Wildman–Crippen MR) is 61.6 cm³/mol. The average Bonchev–Trinajstić information content (AvgIpc) is 2.35. The second kappa shape index (κ2) is 6.58. The lowest BCUT2D eigenvalue weighted by Gasteiger charge is -2.17. The lowest BCUT2D eigenvalue weighted by Crippen LogP contribution is -2.28. The van der Waals surface area contributed by atoms with Gasteiger partial charge < -0.3 is 15.2 Å². The van der Waals surface area contributed by atoms with Crippen LogP contribution < -0.4 is 5.32 Å². The highest BCUT2D eigenvalue weighted by atomic mass is 19.1. The Morgan fingerprint density at radius 3 is 2.50 bits per heavy atom. The molecule has 0 bridgehead atoms. The number of alkyl carbamates (subject to hydrolysis) is 1. The van der Waals surface area contributed by atoms with E-state index in [1.165, 1.54) is 31.4 Å². The third kappa shape index (κ3) is 4.40. The molecule has 0 saturated heterocycles. The van der Waals surface area contributed by atoms with Crippen LogP contribution in [0.25, 0.3) is 0 Å². The number of amides is 1. The quantitative estimate of drug-likeness (QED) is 0.844. The average molecular weight is 255 g/mol. The number of carboxylic acid groups (broad SMARTS) is 1. The van der Waals surface area contributed by atoms with E-state index in [1.54, 1.807) is 0 Å². The van der Waals surface area contributed by atoms with E-state index in [0.29, 0.717) is 5.56 Å². The van der Waals surface area contributed by atoms with Crippen LogP contribution >= 0.6 is 0 Å². The summed E-state index contributed by atoms with van der Waals surface area (Å²) >= 11 is 0. The number of carboxylic acids is 1. The van der Waals surface area contributed by atoms with Gasteiger partial charge in [-0.15, -0.1) is 0 Å². The number of aliphatic carboxylic acids is 1. The molecule has 0 aromatic heterocycles. The largest absolute Gasteiger partial charge is 0.481 e. The molecule has 0 spiro atoms. The number of benzene rings is 1. The molecule has 18 heavy (non-hydrogen) atoms. The number of rotatable bonds is 5. The highest BCUT2D eigenvalue weighted by molar-refractivity contribution is 5.69. The van der Waals surface area contributed by atoms with Gasteiger partial charge >= 0.3 is 12.1 Å². The van der Waals surface area contributed by atoms with Gasteiger partial charge in [0.15, 0.2) is 0 Å². The molecule has 0 aliphatic heterocycles. The topological polar surface area (TPSA) is 75.6 Å². The Morgan fingerprint density at radius 2 is 2.00 bits per heavy atom. The maximum Gasteiger partial charge on any atom is 0.407 e. The van der Waals surface area contributed by atoms with Gasteiger partial charge in [-0.25, -0.2) is 9.18 Å². The fourth-order valence-corrected chi connectivity index (χ4v) is 1.49. The van der Waals surface area contributed by atoms with E-state index >= 15 is 0 Å². The number of halogens is 1. The first-order chi connectivity index (χ1) is 8.52. The Bertz CT molecular complexity index is 419. The summed E-state index contributed by atoms with van der Waals surface area (Å²) in [5.74, 6) is -1.36. The Labute approximate surface area is 104 Å². The Kier molecular flexibility index (Phi) is 5.10. The summed E-state index contributed by atoms with van der Waals surface area (Å²) in [4.78, 5) is 21.7. The fourth-order valence-electron chi connectivity index (χ4n) is 1.49. The van der Waals surface area contributed by atoms with Gasteiger partial charge in [-0.3, -0.25) is 4.79 Å². The maximum atomic E-state index is 12.8. The molecule has 0 aliphatic carbocycles. The normalized spacial score (nSPS) is 11.7. The van der Waals surface area contributed by atoms with Crippen molar-refractivity contribution in [3.8, 4) is 0 Å². The van der Waals surface area contributed by atoms with E-state index in [-0.39, 0.29) is 12.8 Å². The van der Waals surface area contributed by atoms with Crippen LogP contribution in [-0.2, 0) is 9.53 Å². The van der Waals surface area contributed by atoms with Gasteiger partial charge in [0.05, 0.1) is 13.2 Å². The first-order valence-corrected chi connectivity index (χ1v) is 5.34. The molecule has 0 saturated carbocycles. The molecule has 1 atom stereocenters. The van der Waals surface area contributed by atoms with Crippen molar-refractivity contribution in [2.75, 3.05) is 7.11 Å². The molecule has 98 valence electrons. The van der Waals surface area contributed by atoms with Crippen LogP contribution in [0.5, 0.6) is 0 Å². The minimum Gasteiger partial charge on any atom is -0.481 e. The zero-order valence-corrected chi connectivity index (χ0v) is 9.85. The first kappa shape index (κ1) is 14.0. The van der Waals surface area contributed by atoms with E-state index in [2.05, 4.69) is 10.1 Å². The Hall–Kier alpha value is -2.11. The van der Waals surface area contributed by atoms with Gasteiger partial charge in [-0.2, -0.15) is 0 Å². The highest BCUT2D eigenvalue weighted by Crippen LogP contribution is 2.19. The van der Waals surface area contributed by atoms with Crippen LogP contribution in [0.3, 0.4) is 0 Å². The summed E-state index contributed by atoms with van der Waals surface area (Å²) in [6.45, 7) is 0. The van der Waals surface area contributed by atoms with Crippen molar-refractivity contribution in [3.05, 3.63) is 35.6 Å². The third-order valence-electron chi connectivity index (χ3n) is 2.40. The van der Waals surface area contributed by atoms with Gasteiger partial charge in [0, 0.05) is 6.42 Å². The molecule has 6 heteroatoms. The smallest absolute Gasteiger partial charge is 0.407 e. The summed E-state index contributed by atoms with van der Waals surface area (Å²) in [6.07, 6.45) is -0.558. The second-order valence-corrected chi connectivity index (χ2v) is 3.67. The predicted octanol–water partition coefficient (Wildman–Crippen LogP) is 2.09. The molecule has 1 aromatic carbocycles. The van der Waals surface area contributed by atoms with Gasteiger partial charge in [0.25, 0.3) is 0 Å². The molecule has 1 aromatic rings. The molecular weight excluding hydrogens is 241 g/mol. The molecule has 0 aliphatic rings. The summed E-state index contributed by atoms with van der Waals surface area (Å²) in [6, 6.07) is 4.98. The van der Waals surface area contributed by atoms with Crippen LogP contribution in [0, 0.1) is 5.82 Å². The fraction of sp³-hybridized carbons (Fsp3) is 0.333. The molecule has 5 nitrogen and oxygen atoms in total. The van der Waals surface area contributed by atoms with Crippen molar-refractivity contribution in [2.45, 2.75) is 18.9 Å². The van der Waals surface area contributed by atoms with E-state index in [0.717, 1.165) is 0 Å². The molecule has 1 unspecified atom stereocenters. The Morgan fingerprint density at radius 1 is 1.39 bits per heavy atom. The second-order valence-electron chi connectivity index (χ2n) is 3.67. The molecule has 0 radical (unpaired) electrons. The van der Waals surface area contributed by atoms with Crippen molar-refractivity contribution in [1.82, 2.24) is 5.32 Å². The summed E-state index contributed by atoms with van der Waals surface area (Å²) in [5.41, 5.74) is 0.628. The number of nitrogens with one attached hydrogen (secondary N) is 1. The van der Waals surface area contributed by atoms with E-state index in [1.807, 2.05) is 0 Å². The van der Waals surface area contributed by atoms with Crippen LogP contribution in [0.2, 0.25) is 0 Å². The van der Waals surface area contributed by atoms with Gasteiger partial charge in [-0.05, 0) is 24.1 Å². The summed E-state index contributed by atoms with van der Waals surface area (Å²) < 4.78 is 17.2. The van der Waals surface area contributed by atoms with E-state index in [9.17, 15) is 14.0 Å². The summed E-state index contributed by atoms with van der Waals surface area (Å²) in [5, 5.41) is 11.2. The van der Waals surface area contributed by atoms with Crippen LogP contribution in [0.1, 0.15) is 24.4 Å². The summed E-state index contributed by atoms with van der Waals surface area (Å²) in [7, 11) is 1.22. The number of methoxy groups -OCH3 is 1. The van der Waals surface area contributed by atoms with Gasteiger partial charge in [0.1, 0.15) is 5.82 Å². The van der Waals surface area contributed by atoms with Crippen molar-refractivity contribution >= 4 is 12.1 Å². The van der Waals surface area contributed by atoms with Crippen molar-refractivity contribution in [3.63, 3.8) is 0 Å². The van der Waals surface area contributed by atoms with Gasteiger partial charge in [0.2, 0.25) is 0 Å². The van der Waals surface area contributed by atoms with Crippen molar-refractivity contribution < 1.29 is 23.8 Å².